The third kappa shape index (κ3) is 4.72. The van der Waals surface area contributed by atoms with Crippen molar-refractivity contribution in [3.63, 3.8) is 0 Å². The van der Waals surface area contributed by atoms with E-state index in [1.165, 1.54) is 23.9 Å². The maximum atomic E-state index is 12.4. The predicted molar refractivity (Wildman–Crippen MR) is 130 cm³/mol. The number of nitrogens with one attached hydrogen (secondary N) is 1. The Morgan fingerprint density at radius 3 is 2.63 bits per heavy atom. The minimum atomic E-state index is -0.460. The number of phenolic OH excluding ortho intramolecular Hbond substituents is 1. The first-order chi connectivity index (χ1) is 16.9. The summed E-state index contributed by atoms with van der Waals surface area (Å²) in [5.74, 6) is 2.21. The van der Waals surface area contributed by atoms with E-state index in [1.54, 1.807) is 31.2 Å². The summed E-state index contributed by atoms with van der Waals surface area (Å²) in [6, 6.07) is 10.4. The van der Waals surface area contributed by atoms with Gasteiger partial charge in [-0.1, -0.05) is 0 Å². The molecule has 180 valence electrons. The van der Waals surface area contributed by atoms with Gasteiger partial charge in [-0.25, -0.2) is 24.1 Å². The number of phenols is 1. The van der Waals surface area contributed by atoms with Crippen LogP contribution in [0.15, 0.2) is 42.7 Å². The molecule has 35 heavy (non-hydrogen) atoms. The molecule has 5 rings (SSSR count). The second-order valence-corrected chi connectivity index (χ2v) is 8.68. The number of rotatable bonds is 8. The van der Waals surface area contributed by atoms with Crippen LogP contribution < -0.4 is 5.32 Å². The number of anilines is 2. The summed E-state index contributed by atoms with van der Waals surface area (Å²) in [7, 11) is 0. The molecule has 0 amide bonds. The van der Waals surface area contributed by atoms with Gasteiger partial charge in [-0.05, 0) is 69.9 Å². The van der Waals surface area contributed by atoms with Gasteiger partial charge in [0.2, 0.25) is 0 Å². The zero-order valence-corrected chi connectivity index (χ0v) is 19.9. The standard InChI is InChI=1S/C25H27N7O3/c1-4-35-25(34)20-11-15(2)29-32(20)22-12-21(26-14-27-22)28-24-16(3)23(18-7-9-19(33)10-8-18)30-31(24)13-17-5-6-17/h7-12,14,17,33H,4-6,13H2,1-3H3,(H,26,27,28). The second kappa shape index (κ2) is 9.21. The molecule has 0 saturated heterocycles. The predicted octanol–water partition coefficient (Wildman–Crippen LogP) is 4.18. The lowest BCUT2D eigenvalue weighted by Gasteiger charge is -2.11. The number of hydrogen-bond donors (Lipinski definition) is 2. The Labute approximate surface area is 202 Å². The van der Waals surface area contributed by atoms with Gasteiger partial charge in [0.25, 0.3) is 0 Å². The average Bonchev–Trinajstić information content (AvgIpc) is 3.50. The molecule has 0 atom stereocenters. The van der Waals surface area contributed by atoms with Crippen LogP contribution in [-0.4, -0.2) is 47.2 Å². The van der Waals surface area contributed by atoms with Crippen molar-refractivity contribution in [1.82, 2.24) is 29.5 Å². The molecule has 1 aliphatic carbocycles. The molecule has 0 spiro atoms. The third-order valence-corrected chi connectivity index (χ3v) is 5.89. The third-order valence-electron chi connectivity index (χ3n) is 5.89. The maximum absolute atomic E-state index is 12.4. The van der Waals surface area contributed by atoms with Gasteiger partial charge in [0.15, 0.2) is 11.5 Å². The quantitative estimate of drug-likeness (QED) is 0.366. The number of ether oxygens (including phenoxy) is 1. The van der Waals surface area contributed by atoms with Crippen molar-refractivity contribution in [2.75, 3.05) is 11.9 Å². The van der Waals surface area contributed by atoms with Gasteiger partial charge in [-0.3, -0.25) is 0 Å². The van der Waals surface area contributed by atoms with Crippen molar-refractivity contribution in [1.29, 1.82) is 0 Å². The molecule has 0 bridgehead atoms. The smallest absolute Gasteiger partial charge is 0.357 e. The first-order valence-electron chi connectivity index (χ1n) is 11.6. The van der Waals surface area contributed by atoms with E-state index in [4.69, 9.17) is 9.84 Å². The second-order valence-electron chi connectivity index (χ2n) is 8.68. The molecular weight excluding hydrogens is 446 g/mol. The number of nitrogens with zero attached hydrogens (tertiary/aromatic N) is 6. The maximum Gasteiger partial charge on any atom is 0.357 e. The highest BCUT2D eigenvalue weighted by Crippen LogP contribution is 2.35. The number of benzene rings is 1. The van der Waals surface area contributed by atoms with Crippen molar-refractivity contribution >= 4 is 17.6 Å². The van der Waals surface area contributed by atoms with Gasteiger partial charge < -0.3 is 15.2 Å². The fraction of sp³-hybridized carbons (Fsp3) is 0.320. The molecule has 1 fully saturated rings. The lowest BCUT2D eigenvalue weighted by atomic mass is 10.1. The fourth-order valence-electron chi connectivity index (χ4n) is 3.96. The molecule has 1 saturated carbocycles. The molecule has 10 nitrogen and oxygen atoms in total. The van der Waals surface area contributed by atoms with Crippen LogP contribution in [0.1, 0.15) is 41.5 Å². The number of hydrogen-bond acceptors (Lipinski definition) is 8. The minimum Gasteiger partial charge on any atom is -0.508 e. The van der Waals surface area contributed by atoms with Crippen molar-refractivity contribution in [2.45, 2.75) is 40.2 Å². The summed E-state index contributed by atoms with van der Waals surface area (Å²) in [5, 5.41) is 22.4. The Morgan fingerprint density at radius 2 is 1.91 bits per heavy atom. The highest BCUT2D eigenvalue weighted by molar-refractivity contribution is 5.88. The van der Waals surface area contributed by atoms with Crippen molar-refractivity contribution in [3.8, 4) is 22.8 Å². The van der Waals surface area contributed by atoms with E-state index in [0.717, 1.165) is 29.2 Å². The highest BCUT2D eigenvalue weighted by Gasteiger charge is 2.26. The Bertz CT molecular complexity index is 1370. The Kier molecular flexibility index (Phi) is 5.94. The molecule has 2 N–H and O–H groups in total. The molecule has 0 radical (unpaired) electrons. The largest absolute Gasteiger partial charge is 0.508 e. The topological polar surface area (TPSA) is 120 Å². The van der Waals surface area contributed by atoms with E-state index < -0.39 is 5.97 Å². The minimum absolute atomic E-state index is 0.215. The Morgan fingerprint density at radius 1 is 1.14 bits per heavy atom. The monoisotopic (exact) mass is 473 g/mol. The molecular formula is C25H27N7O3. The van der Waals surface area contributed by atoms with Crippen LogP contribution in [0.2, 0.25) is 0 Å². The zero-order chi connectivity index (χ0) is 24.5. The van der Waals surface area contributed by atoms with Crippen LogP contribution in [0.3, 0.4) is 0 Å². The van der Waals surface area contributed by atoms with Crippen molar-refractivity contribution < 1.29 is 14.6 Å². The van der Waals surface area contributed by atoms with Crippen LogP contribution in [-0.2, 0) is 11.3 Å². The van der Waals surface area contributed by atoms with Crippen LogP contribution in [0.4, 0.5) is 11.6 Å². The number of carbonyl (C=O) groups is 1. The van der Waals surface area contributed by atoms with Gasteiger partial charge in [0.1, 0.15) is 23.7 Å². The first-order valence-corrected chi connectivity index (χ1v) is 11.6. The normalized spacial score (nSPS) is 13.1. The molecule has 4 aromatic rings. The zero-order valence-electron chi connectivity index (χ0n) is 19.9. The molecule has 3 heterocycles. The number of aromatic nitrogens is 6. The van der Waals surface area contributed by atoms with E-state index in [-0.39, 0.29) is 12.4 Å². The summed E-state index contributed by atoms with van der Waals surface area (Å²) >= 11 is 0. The van der Waals surface area contributed by atoms with E-state index in [0.29, 0.717) is 28.9 Å². The number of aryl methyl sites for hydroxylation is 1. The number of esters is 1. The Hall–Kier alpha value is -4.21. The molecule has 0 unspecified atom stereocenters. The lowest BCUT2D eigenvalue weighted by molar-refractivity contribution is 0.0515. The number of aromatic hydroxyl groups is 1. The van der Waals surface area contributed by atoms with E-state index in [1.807, 2.05) is 30.7 Å². The molecule has 3 aromatic heterocycles. The SMILES string of the molecule is CCOC(=O)c1cc(C)nn1-c1cc(Nc2c(C)c(-c3ccc(O)cc3)nn2CC2CC2)ncn1. The van der Waals surface area contributed by atoms with E-state index in [2.05, 4.69) is 20.4 Å². The summed E-state index contributed by atoms with van der Waals surface area (Å²) in [6.45, 7) is 6.67. The highest BCUT2D eigenvalue weighted by atomic mass is 16.5. The van der Waals surface area contributed by atoms with Crippen molar-refractivity contribution in [2.24, 2.45) is 5.92 Å². The fourth-order valence-corrected chi connectivity index (χ4v) is 3.96. The molecule has 1 aromatic carbocycles. The van der Waals surface area contributed by atoms with E-state index >= 15 is 0 Å². The van der Waals surface area contributed by atoms with Gasteiger partial charge in [0.05, 0.1) is 18.0 Å². The summed E-state index contributed by atoms with van der Waals surface area (Å²) < 4.78 is 8.62. The average molecular weight is 474 g/mol. The number of carbonyl (C=O) groups excluding carboxylic acids is 1. The van der Waals surface area contributed by atoms with Gasteiger partial charge >= 0.3 is 5.97 Å². The van der Waals surface area contributed by atoms with Crippen LogP contribution >= 0.6 is 0 Å². The Balaban J connectivity index is 1.50. The van der Waals surface area contributed by atoms with E-state index in [9.17, 15) is 9.90 Å². The van der Waals surface area contributed by atoms with Gasteiger partial charge in [-0.15, -0.1) is 0 Å². The summed E-state index contributed by atoms with van der Waals surface area (Å²) in [5.41, 5.74) is 3.72. The molecule has 0 aliphatic heterocycles. The molecule has 1 aliphatic rings. The molecule has 10 heteroatoms. The summed E-state index contributed by atoms with van der Waals surface area (Å²) in [6.07, 6.45) is 3.82. The van der Waals surface area contributed by atoms with Crippen molar-refractivity contribution in [3.05, 3.63) is 59.7 Å². The van der Waals surface area contributed by atoms with Gasteiger partial charge in [0, 0.05) is 23.7 Å². The van der Waals surface area contributed by atoms with Gasteiger partial charge in [-0.2, -0.15) is 10.2 Å². The first kappa shape index (κ1) is 22.6. The van der Waals surface area contributed by atoms with Crippen LogP contribution in [0.25, 0.3) is 17.1 Å². The van der Waals surface area contributed by atoms with Crippen LogP contribution in [0, 0.1) is 19.8 Å². The van der Waals surface area contributed by atoms with Crippen LogP contribution in [0.5, 0.6) is 5.75 Å². The lowest BCUT2D eigenvalue weighted by Crippen LogP contribution is -2.13. The summed E-state index contributed by atoms with van der Waals surface area (Å²) in [4.78, 5) is 21.1.